The van der Waals surface area contributed by atoms with Crippen LogP contribution >= 0.6 is 0 Å². The summed E-state index contributed by atoms with van der Waals surface area (Å²) in [6.07, 6.45) is 4.12. The van der Waals surface area contributed by atoms with Crippen molar-refractivity contribution in [2.45, 2.75) is 0 Å². The zero-order valence-corrected chi connectivity index (χ0v) is 32.6. The second-order valence-electron chi connectivity index (χ2n) is 15.0. The van der Waals surface area contributed by atoms with Gasteiger partial charge in [-0.05, 0) is 42.5 Å². The van der Waals surface area contributed by atoms with E-state index in [4.69, 9.17) is 29.3 Å². The second kappa shape index (κ2) is 14.1. The average Bonchev–Trinajstić information content (AvgIpc) is 4.04. The van der Waals surface area contributed by atoms with Gasteiger partial charge in [0.25, 0.3) is 0 Å². The van der Waals surface area contributed by atoms with Crippen LogP contribution in [0.4, 0.5) is 0 Å². The summed E-state index contributed by atoms with van der Waals surface area (Å²) in [5.41, 5.74) is 14.0. The van der Waals surface area contributed by atoms with E-state index in [0.717, 1.165) is 95.0 Å². The molecule has 12 rings (SSSR count). The average molecular weight is 784 g/mol. The van der Waals surface area contributed by atoms with Crippen LogP contribution < -0.4 is 0 Å². The molecule has 0 radical (unpaired) electrons. The lowest BCUT2D eigenvalue weighted by Crippen LogP contribution is -2.00. The molecule has 0 spiro atoms. The first-order valence-electron chi connectivity index (χ1n) is 20.2. The lowest BCUT2D eigenvalue weighted by molar-refractivity contribution is 0.669. The van der Waals surface area contributed by atoms with E-state index in [2.05, 4.69) is 112 Å². The predicted molar refractivity (Wildman–Crippen MR) is 243 cm³/mol. The Bertz CT molecular complexity index is 3390. The summed E-state index contributed by atoms with van der Waals surface area (Å²) in [6, 6.07) is 63.9. The Morgan fingerprint density at radius 2 is 0.738 bits per heavy atom. The maximum absolute atomic E-state index is 6.30. The third-order valence-corrected chi connectivity index (χ3v) is 11.3. The molecule has 6 aromatic heterocycles. The second-order valence-corrected chi connectivity index (χ2v) is 15.0. The van der Waals surface area contributed by atoms with Gasteiger partial charge >= 0.3 is 0 Å². The van der Waals surface area contributed by atoms with Crippen LogP contribution in [0.2, 0.25) is 0 Å². The number of fused-ring (bicyclic) bond motifs is 5. The molecule has 0 aliphatic carbocycles. The van der Waals surface area contributed by atoms with Crippen molar-refractivity contribution in [2.75, 3.05) is 0 Å². The van der Waals surface area contributed by atoms with Gasteiger partial charge < -0.3 is 4.42 Å². The molecule has 8 nitrogen and oxygen atoms in total. The molecule has 0 aliphatic rings. The molecule has 286 valence electrons. The minimum Gasteiger partial charge on any atom is -0.456 e. The molecule has 0 amide bonds. The summed E-state index contributed by atoms with van der Waals surface area (Å²) in [5, 5.41) is 2.12. The van der Waals surface area contributed by atoms with E-state index >= 15 is 0 Å². The molecular weight excluding hydrogens is 751 g/mol. The predicted octanol–water partition coefficient (Wildman–Crippen LogP) is 12.7. The summed E-state index contributed by atoms with van der Waals surface area (Å²) in [6.45, 7) is 0. The fourth-order valence-electron chi connectivity index (χ4n) is 8.32. The zero-order valence-electron chi connectivity index (χ0n) is 32.6. The van der Waals surface area contributed by atoms with Crippen LogP contribution in [0.3, 0.4) is 0 Å². The summed E-state index contributed by atoms with van der Waals surface area (Å²) in [7, 11) is 0. The van der Waals surface area contributed by atoms with Gasteiger partial charge in [-0.25, -0.2) is 24.9 Å². The number of hydrogen-bond donors (Lipinski definition) is 0. The van der Waals surface area contributed by atoms with Gasteiger partial charge in [-0.15, -0.1) is 0 Å². The van der Waals surface area contributed by atoms with Crippen molar-refractivity contribution in [1.82, 2.24) is 33.7 Å². The number of imidazole rings is 2. The van der Waals surface area contributed by atoms with E-state index in [1.807, 2.05) is 97.1 Å². The summed E-state index contributed by atoms with van der Waals surface area (Å²) in [4.78, 5) is 25.4. The Morgan fingerprint density at radius 3 is 1.28 bits per heavy atom. The highest BCUT2D eigenvalue weighted by atomic mass is 16.3. The van der Waals surface area contributed by atoms with Gasteiger partial charge in [-0.3, -0.25) is 8.80 Å². The van der Waals surface area contributed by atoms with E-state index in [-0.39, 0.29) is 0 Å². The normalized spacial score (nSPS) is 11.6. The largest absolute Gasteiger partial charge is 0.456 e. The molecule has 6 aromatic carbocycles. The number of hydrogen-bond acceptors (Lipinski definition) is 6. The molecule has 8 heteroatoms. The lowest BCUT2D eigenvalue weighted by atomic mass is 10.0. The topological polar surface area (TPSA) is 86.4 Å². The fraction of sp³-hybridized carbons (Fsp3) is 0. The first-order valence-corrected chi connectivity index (χ1v) is 20.2. The van der Waals surface area contributed by atoms with Crippen LogP contribution in [-0.4, -0.2) is 33.7 Å². The Kier molecular flexibility index (Phi) is 7.99. The molecule has 12 aromatic rings. The number of para-hydroxylation sites is 1. The van der Waals surface area contributed by atoms with E-state index in [9.17, 15) is 0 Å². The highest BCUT2D eigenvalue weighted by Crippen LogP contribution is 2.37. The number of furan rings is 1. The molecule has 0 saturated heterocycles. The maximum Gasteiger partial charge on any atom is 0.164 e. The maximum atomic E-state index is 6.30. The molecule has 0 unspecified atom stereocenters. The molecular formula is C53H33N7O. The SMILES string of the molecule is c1ccc(-c2nc3ccccn3c2-c2ccc(-c3nc(-c4ccc(-c5c(-c6ccccc6)nc6ccccn56)cc4)nc(-c4ccc5c(c4)oc4ccccc45)n3)cc2)cc1. The van der Waals surface area contributed by atoms with E-state index < -0.39 is 0 Å². The first-order chi connectivity index (χ1) is 30.2. The lowest BCUT2D eigenvalue weighted by Gasteiger charge is -2.11. The Balaban J connectivity index is 0.982. The van der Waals surface area contributed by atoms with Crippen molar-refractivity contribution < 1.29 is 4.42 Å². The number of aromatic nitrogens is 7. The van der Waals surface area contributed by atoms with Crippen molar-refractivity contribution in [1.29, 1.82) is 0 Å². The third kappa shape index (κ3) is 5.96. The molecule has 0 fully saturated rings. The Morgan fingerprint density at radius 1 is 0.311 bits per heavy atom. The molecule has 0 atom stereocenters. The quantitative estimate of drug-likeness (QED) is 0.160. The molecule has 0 saturated carbocycles. The van der Waals surface area contributed by atoms with Crippen LogP contribution in [0, 0.1) is 0 Å². The van der Waals surface area contributed by atoms with Gasteiger partial charge in [-0.2, -0.15) is 0 Å². The standard InChI is InChI=1S/C53H33N7O/c1-3-13-34(14-4-1)47-49(59-31-11-9-19-45(59)54-47)36-21-25-38(26-22-36)51-56-52(58-53(57-51)40-29-30-42-41-17-7-8-18-43(41)61-44(42)33-40)39-27-23-37(24-28-39)50-48(35-15-5-2-6-16-35)55-46-20-10-12-32-60(46)50/h1-33H. The zero-order chi connectivity index (χ0) is 40.3. The van der Waals surface area contributed by atoms with Gasteiger partial charge in [0.05, 0.1) is 22.8 Å². The minimum atomic E-state index is 0.553. The smallest absolute Gasteiger partial charge is 0.164 e. The van der Waals surface area contributed by atoms with Gasteiger partial charge in [0, 0.05) is 62.1 Å². The third-order valence-electron chi connectivity index (χ3n) is 11.3. The van der Waals surface area contributed by atoms with Gasteiger partial charge in [0.1, 0.15) is 22.5 Å². The number of pyridine rings is 2. The highest BCUT2D eigenvalue weighted by molar-refractivity contribution is 6.05. The van der Waals surface area contributed by atoms with E-state index in [0.29, 0.717) is 17.5 Å². The van der Waals surface area contributed by atoms with Gasteiger partial charge in [0.15, 0.2) is 17.5 Å². The minimum absolute atomic E-state index is 0.553. The van der Waals surface area contributed by atoms with Gasteiger partial charge in [-0.1, -0.05) is 146 Å². The van der Waals surface area contributed by atoms with E-state index in [1.54, 1.807) is 0 Å². The number of benzene rings is 6. The van der Waals surface area contributed by atoms with E-state index in [1.165, 1.54) is 0 Å². The van der Waals surface area contributed by atoms with Crippen LogP contribution in [0.15, 0.2) is 205 Å². The first kappa shape index (κ1) is 34.5. The molecule has 61 heavy (non-hydrogen) atoms. The molecule has 0 aliphatic heterocycles. The van der Waals surface area contributed by atoms with Gasteiger partial charge in [0.2, 0.25) is 0 Å². The van der Waals surface area contributed by atoms with Crippen molar-refractivity contribution in [3.05, 3.63) is 200 Å². The Hall–Kier alpha value is -8.49. The summed E-state index contributed by atoms with van der Waals surface area (Å²) >= 11 is 0. The van der Waals surface area contributed by atoms with Crippen LogP contribution in [-0.2, 0) is 0 Å². The van der Waals surface area contributed by atoms with Crippen molar-refractivity contribution in [3.63, 3.8) is 0 Å². The molecule has 6 heterocycles. The number of rotatable bonds is 7. The summed E-state index contributed by atoms with van der Waals surface area (Å²) in [5.74, 6) is 1.68. The number of nitrogens with zero attached hydrogens (tertiary/aromatic N) is 7. The van der Waals surface area contributed by atoms with Crippen molar-refractivity contribution >= 4 is 33.2 Å². The highest BCUT2D eigenvalue weighted by Gasteiger charge is 2.20. The molecule has 0 bridgehead atoms. The van der Waals surface area contributed by atoms with Crippen LogP contribution in [0.25, 0.3) is 112 Å². The van der Waals surface area contributed by atoms with Crippen LogP contribution in [0.1, 0.15) is 0 Å². The Labute approximate surface area is 349 Å². The summed E-state index contributed by atoms with van der Waals surface area (Å²) < 4.78 is 10.6. The monoisotopic (exact) mass is 783 g/mol. The fourth-order valence-corrected chi connectivity index (χ4v) is 8.32. The molecule has 0 N–H and O–H groups in total. The van der Waals surface area contributed by atoms with Crippen molar-refractivity contribution in [3.8, 4) is 79.2 Å². The van der Waals surface area contributed by atoms with Crippen molar-refractivity contribution in [2.24, 2.45) is 0 Å². The van der Waals surface area contributed by atoms with Crippen LogP contribution in [0.5, 0.6) is 0 Å².